The number of benzene rings is 2. The topological polar surface area (TPSA) is 53.4 Å². The minimum Gasteiger partial charge on any atom is -0.478 e. The second-order valence-electron chi connectivity index (χ2n) is 8.13. The Morgan fingerprint density at radius 2 is 1.77 bits per heavy atom. The number of halogens is 1. The van der Waals surface area contributed by atoms with Crippen molar-refractivity contribution in [3.63, 3.8) is 0 Å². The van der Waals surface area contributed by atoms with Crippen LogP contribution < -0.4 is 0 Å². The van der Waals surface area contributed by atoms with E-state index < -0.39 is 5.97 Å². The first-order chi connectivity index (χ1) is 15.1. The van der Waals surface area contributed by atoms with Crippen LogP contribution in [0.15, 0.2) is 66.7 Å². The number of carboxylic acids is 1. The Morgan fingerprint density at radius 1 is 1.00 bits per heavy atom. The van der Waals surface area contributed by atoms with Crippen molar-refractivity contribution < 1.29 is 9.90 Å². The molecule has 4 nitrogen and oxygen atoms in total. The molecular formula is C26H27ClN2O2. The SMILES string of the molecule is O=C(O)c1ccc([C@H]2CCCN2Cc2ccc(Cl)cc2)nc1CCCc1ccccc1. The Labute approximate surface area is 188 Å². The number of hydrogen-bond donors (Lipinski definition) is 1. The van der Waals surface area contributed by atoms with Gasteiger partial charge in [-0.1, -0.05) is 54.1 Å². The van der Waals surface area contributed by atoms with Crippen molar-refractivity contribution in [3.8, 4) is 0 Å². The van der Waals surface area contributed by atoms with E-state index in [1.54, 1.807) is 6.07 Å². The van der Waals surface area contributed by atoms with Gasteiger partial charge in [0.1, 0.15) is 0 Å². The molecule has 2 heterocycles. The standard InChI is InChI=1S/C26H27ClN2O2/c27-21-13-11-20(12-14-21)18-29-17-5-10-25(29)24-16-15-22(26(30)31)23(28-24)9-4-8-19-6-2-1-3-7-19/h1-3,6-7,11-16,25H,4-5,8-10,17-18H2,(H,30,31)/t25-/m1/s1. The quantitative estimate of drug-likeness (QED) is 0.476. The molecule has 160 valence electrons. The molecule has 1 atom stereocenters. The van der Waals surface area contributed by atoms with Crippen molar-refractivity contribution in [1.29, 1.82) is 0 Å². The Morgan fingerprint density at radius 3 is 2.52 bits per heavy atom. The summed E-state index contributed by atoms with van der Waals surface area (Å²) in [5, 5.41) is 10.4. The van der Waals surface area contributed by atoms with E-state index >= 15 is 0 Å². The fraction of sp³-hybridized carbons (Fsp3) is 0.308. The third kappa shape index (κ3) is 5.52. The van der Waals surface area contributed by atoms with Gasteiger partial charge in [0, 0.05) is 11.6 Å². The molecule has 1 saturated heterocycles. The van der Waals surface area contributed by atoms with Crippen LogP contribution >= 0.6 is 11.6 Å². The number of aromatic carboxylic acids is 1. The first-order valence-electron chi connectivity index (χ1n) is 10.9. The lowest BCUT2D eigenvalue weighted by atomic mass is 10.0. The zero-order valence-electron chi connectivity index (χ0n) is 17.5. The average Bonchev–Trinajstić information content (AvgIpc) is 3.24. The number of aromatic nitrogens is 1. The van der Waals surface area contributed by atoms with Gasteiger partial charge in [-0.25, -0.2) is 4.79 Å². The maximum atomic E-state index is 11.8. The number of hydrogen-bond acceptors (Lipinski definition) is 3. The molecule has 4 rings (SSSR count). The molecule has 0 aliphatic carbocycles. The van der Waals surface area contributed by atoms with Crippen molar-refractivity contribution in [2.45, 2.75) is 44.7 Å². The molecule has 1 aromatic heterocycles. The number of aryl methyl sites for hydroxylation is 2. The highest BCUT2D eigenvalue weighted by atomic mass is 35.5. The maximum Gasteiger partial charge on any atom is 0.337 e. The normalized spacial score (nSPS) is 16.5. The monoisotopic (exact) mass is 434 g/mol. The zero-order chi connectivity index (χ0) is 21.6. The number of rotatable bonds is 8. The summed E-state index contributed by atoms with van der Waals surface area (Å²) in [6.07, 6.45) is 4.60. The maximum absolute atomic E-state index is 11.8. The highest BCUT2D eigenvalue weighted by molar-refractivity contribution is 6.30. The smallest absolute Gasteiger partial charge is 0.337 e. The molecule has 0 spiro atoms. The third-order valence-electron chi connectivity index (χ3n) is 5.95. The molecule has 1 N–H and O–H groups in total. The second kappa shape index (κ2) is 10.1. The third-order valence-corrected chi connectivity index (χ3v) is 6.20. The second-order valence-corrected chi connectivity index (χ2v) is 8.57. The van der Waals surface area contributed by atoms with Gasteiger partial charge in [-0.15, -0.1) is 0 Å². The Balaban J connectivity index is 1.49. The average molecular weight is 435 g/mol. The van der Waals surface area contributed by atoms with Crippen molar-refractivity contribution in [2.75, 3.05) is 6.54 Å². The van der Waals surface area contributed by atoms with Gasteiger partial charge in [-0.3, -0.25) is 9.88 Å². The molecule has 0 bridgehead atoms. The van der Waals surface area contributed by atoms with Gasteiger partial charge in [-0.05, 0) is 74.0 Å². The van der Waals surface area contributed by atoms with E-state index in [1.165, 1.54) is 11.1 Å². The summed E-state index contributed by atoms with van der Waals surface area (Å²) in [4.78, 5) is 19.1. The van der Waals surface area contributed by atoms with Gasteiger partial charge in [0.05, 0.1) is 23.0 Å². The van der Waals surface area contributed by atoms with Crippen molar-refractivity contribution >= 4 is 17.6 Å². The van der Waals surface area contributed by atoms with Crippen LogP contribution in [0.1, 0.15) is 58.2 Å². The minimum absolute atomic E-state index is 0.214. The molecule has 0 unspecified atom stereocenters. The Hall–Kier alpha value is -2.69. The lowest BCUT2D eigenvalue weighted by Crippen LogP contribution is -2.24. The zero-order valence-corrected chi connectivity index (χ0v) is 18.3. The van der Waals surface area contributed by atoms with Crippen molar-refractivity contribution in [1.82, 2.24) is 9.88 Å². The van der Waals surface area contributed by atoms with Gasteiger partial charge in [-0.2, -0.15) is 0 Å². The number of pyridine rings is 1. The number of likely N-dealkylation sites (tertiary alicyclic amines) is 1. The molecule has 1 aliphatic heterocycles. The summed E-state index contributed by atoms with van der Waals surface area (Å²) < 4.78 is 0. The molecule has 1 fully saturated rings. The summed E-state index contributed by atoms with van der Waals surface area (Å²) >= 11 is 6.02. The molecule has 2 aromatic carbocycles. The van der Waals surface area contributed by atoms with Crippen LogP contribution in [0, 0.1) is 0 Å². The Kier molecular flexibility index (Phi) is 7.00. The molecular weight excluding hydrogens is 408 g/mol. The van der Waals surface area contributed by atoms with E-state index in [4.69, 9.17) is 16.6 Å². The largest absolute Gasteiger partial charge is 0.478 e. The number of carboxylic acid groups (broad SMARTS) is 1. The first kappa shape index (κ1) is 21.5. The molecule has 0 saturated carbocycles. The van der Waals surface area contributed by atoms with E-state index in [-0.39, 0.29) is 6.04 Å². The minimum atomic E-state index is -0.904. The number of carbonyl (C=O) groups is 1. The summed E-state index contributed by atoms with van der Waals surface area (Å²) in [5.74, 6) is -0.904. The van der Waals surface area contributed by atoms with Crippen molar-refractivity contribution in [2.24, 2.45) is 0 Å². The van der Waals surface area contributed by atoms with Gasteiger partial charge in [0.15, 0.2) is 0 Å². The highest BCUT2D eigenvalue weighted by Crippen LogP contribution is 2.33. The molecule has 0 amide bonds. The molecule has 0 radical (unpaired) electrons. The predicted molar refractivity (Wildman–Crippen MR) is 124 cm³/mol. The lowest BCUT2D eigenvalue weighted by Gasteiger charge is -2.25. The lowest BCUT2D eigenvalue weighted by molar-refractivity contribution is 0.0695. The predicted octanol–water partition coefficient (Wildman–Crippen LogP) is 5.95. The van der Waals surface area contributed by atoms with Crippen LogP contribution in [0.2, 0.25) is 5.02 Å². The summed E-state index contributed by atoms with van der Waals surface area (Å²) in [6, 6.07) is 22.1. The van der Waals surface area contributed by atoms with Gasteiger partial charge < -0.3 is 5.11 Å². The van der Waals surface area contributed by atoms with E-state index in [1.807, 2.05) is 36.4 Å². The molecule has 5 heteroatoms. The molecule has 31 heavy (non-hydrogen) atoms. The van der Waals surface area contributed by atoms with Crippen molar-refractivity contribution in [3.05, 3.63) is 99.8 Å². The van der Waals surface area contributed by atoms with Crippen LogP contribution in [-0.2, 0) is 19.4 Å². The van der Waals surface area contributed by atoms with E-state index in [9.17, 15) is 9.90 Å². The summed E-state index contributed by atoms with van der Waals surface area (Å²) in [5.41, 5.74) is 4.48. The highest BCUT2D eigenvalue weighted by Gasteiger charge is 2.28. The Bertz CT molecular complexity index is 1020. The van der Waals surface area contributed by atoms with E-state index in [0.29, 0.717) is 17.7 Å². The van der Waals surface area contributed by atoms with Crippen LogP contribution in [-0.4, -0.2) is 27.5 Å². The van der Waals surface area contributed by atoms with Crippen LogP contribution in [0.25, 0.3) is 0 Å². The van der Waals surface area contributed by atoms with E-state index in [0.717, 1.165) is 49.5 Å². The number of nitrogens with zero attached hydrogens (tertiary/aromatic N) is 2. The van der Waals surface area contributed by atoms with Gasteiger partial charge in [0.25, 0.3) is 0 Å². The van der Waals surface area contributed by atoms with Crippen LogP contribution in [0.5, 0.6) is 0 Å². The molecule has 1 aliphatic rings. The summed E-state index contributed by atoms with van der Waals surface area (Å²) in [7, 11) is 0. The fourth-order valence-corrected chi connectivity index (χ4v) is 4.49. The summed E-state index contributed by atoms with van der Waals surface area (Å²) in [6.45, 7) is 1.85. The van der Waals surface area contributed by atoms with Crippen LogP contribution in [0.3, 0.4) is 0 Å². The van der Waals surface area contributed by atoms with Gasteiger partial charge in [0.2, 0.25) is 0 Å². The first-order valence-corrected chi connectivity index (χ1v) is 11.2. The van der Waals surface area contributed by atoms with E-state index in [2.05, 4.69) is 29.2 Å². The van der Waals surface area contributed by atoms with Crippen LogP contribution in [0.4, 0.5) is 0 Å². The molecule has 3 aromatic rings. The fourth-order valence-electron chi connectivity index (χ4n) is 4.37. The van der Waals surface area contributed by atoms with Gasteiger partial charge >= 0.3 is 5.97 Å².